The zero-order valence-corrected chi connectivity index (χ0v) is 14.7. The van der Waals surface area contributed by atoms with Crippen molar-refractivity contribution in [2.45, 2.75) is 75.9 Å². The van der Waals surface area contributed by atoms with Crippen LogP contribution in [0.2, 0.25) is 0 Å². The minimum absolute atomic E-state index is 0.376. The number of benzene rings is 1. The first-order chi connectivity index (χ1) is 11.6. The van der Waals surface area contributed by atoms with Crippen LogP contribution >= 0.6 is 7.60 Å². The molecule has 1 aromatic rings. The Morgan fingerprint density at radius 3 is 1.71 bits per heavy atom. The van der Waals surface area contributed by atoms with Crippen molar-refractivity contribution in [1.82, 2.24) is 0 Å². The summed E-state index contributed by atoms with van der Waals surface area (Å²) in [5, 5.41) is 0.376. The number of halogens is 2. The molecule has 0 heterocycles. The van der Waals surface area contributed by atoms with Crippen LogP contribution in [-0.4, -0.2) is 24.6 Å². The van der Waals surface area contributed by atoms with Crippen molar-refractivity contribution in [2.75, 3.05) is 0 Å². The third-order valence-corrected chi connectivity index (χ3v) is 6.89. The topological polar surface area (TPSA) is 35.5 Å². The van der Waals surface area contributed by atoms with Gasteiger partial charge in [-0.15, -0.1) is 0 Å². The Labute approximate surface area is 142 Å². The molecule has 3 rings (SSSR count). The van der Waals surface area contributed by atoms with Crippen molar-refractivity contribution >= 4 is 12.9 Å². The lowest BCUT2D eigenvalue weighted by Gasteiger charge is -2.33. The molecule has 0 aliphatic heterocycles. The predicted octanol–water partition coefficient (Wildman–Crippen LogP) is 5.10. The lowest BCUT2D eigenvalue weighted by molar-refractivity contribution is 0.0156. The minimum Gasteiger partial charge on any atom is -0.299 e. The highest BCUT2D eigenvalue weighted by molar-refractivity contribution is 7.62. The molecule has 0 N–H and O–H groups in total. The van der Waals surface area contributed by atoms with E-state index in [0.717, 1.165) is 25.7 Å². The fraction of sp³-hybridized carbons (Fsp3) is 0.667. The van der Waals surface area contributed by atoms with Gasteiger partial charge in [0, 0.05) is 0 Å². The van der Waals surface area contributed by atoms with Gasteiger partial charge in [0.05, 0.1) is 17.5 Å². The van der Waals surface area contributed by atoms with E-state index in [4.69, 9.17) is 9.05 Å². The molecule has 2 aliphatic rings. The summed E-state index contributed by atoms with van der Waals surface area (Å²) in [5.74, 6) is 0. The molecule has 1 aromatic carbocycles. The molecule has 0 amide bonds. The van der Waals surface area contributed by atoms with Crippen molar-refractivity contribution in [3.8, 4) is 0 Å². The maximum atomic E-state index is 14.2. The highest BCUT2D eigenvalue weighted by Gasteiger charge is 2.40. The second-order valence-corrected chi connectivity index (χ2v) is 8.65. The van der Waals surface area contributed by atoms with Crippen molar-refractivity contribution < 1.29 is 22.4 Å². The van der Waals surface area contributed by atoms with Crippen molar-refractivity contribution in [3.05, 3.63) is 30.3 Å². The Morgan fingerprint density at radius 2 is 1.25 bits per heavy atom. The van der Waals surface area contributed by atoms with E-state index in [1.807, 2.05) is 0 Å². The molecular weight excluding hydrogens is 333 g/mol. The van der Waals surface area contributed by atoms with Crippen LogP contribution in [0.5, 0.6) is 0 Å². The smallest absolute Gasteiger partial charge is 0.299 e. The molecule has 0 aromatic heterocycles. The molecule has 3 nitrogen and oxygen atoms in total. The molecule has 6 heteroatoms. The van der Waals surface area contributed by atoms with E-state index in [1.54, 1.807) is 30.3 Å². The quantitative estimate of drug-likeness (QED) is 0.687. The number of alkyl halides is 2. The van der Waals surface area contributed by atoms with Gasteiger partial charge in [0.15, 0.2) is 0 Å². The summed E-state index contributed by atoms with van der Waals surface area (Å²) < 4.78 is 53.3. The fourth-order valence-electron chi connectivity index (χ4n) is 3.45. The maximum absolute atomic E-state index is 14.2. The Balaban J connectivity index is 1.82. The third kappa shape index (κ3) is 4.25. The van der Waals surface area contributed by atoms with Crippen molar-refractivity contribution in [1.29, 1.82) is 0 Å². The van der Waals surface area contributed by atoms with Gasteiger partial charge in [-0.25, -0.2) is 8.78 Å². The Bertz CT molecular complexity index is 541. The molecule has 24 heavy (non-hydrogen) atoms. The van der Waals surface area contributed by atoms with Gasteiger partial charge in [-0.05, 0) is 37.8 Å². The summed E-state index contributed by atoms with van der Waals surface area (Å²) in [7, 11) is -3.76. The van der Waals surface area contributed by atoms with Crippen LogP contribution in [0.25, 0.3) is 0 Å². The summed E-state index contributed by atoms with van der Waals surface area (Å²) in [6.45, 7) is 0. The fourth-order valence-corrected chi connectivity index (χ4v) is 5.47. The zero-order chi connectivity index (χ0) is 17.0. The van der Waals surface area contributed by atoms with Crippen molar-refractivity contribution in [3.63, 3.8) is 0 Å². The summed E-state index contributed by atoms with van der Waals surface area (Å²) >= 11 is 0. The third-order valence-electron chi connectivity index (χ3n) is 4.86. The highest BCUT2D eigenvalue weighted by Crippen LogP contribution is 2.52. The Hall–Kier alpha value is -0.770. The molecule has 0 saturated heterocycles. The standard InChI is InChI=1S/C18H25F2O3P/c19-15-10-4-6-12-17(15)22-24(21,14-8-2-1-3-9-14)23-18-13-7-5-11-16(18)20/h1-3,8-9,15-18H,4-7,10-13H2. The molecule has 4 atom stereocenters. The van der Waals surface area contributed by atoms with E-state index in [2.05, 4.69) is 0 Å². The predicted molar refractivity (Wildman–Crippen MR) is 90.2 cm³/mol. The Morgan fingerprint density at radius 1 is 0.792 bits per heavy atom. The molecule has 0 bridgehead atoms. The molecule has 2 fully saturated rings. The van der Waals surface area contributed by atoms with Gasteiger partial charge in [-0.3, -0.25) is 13.6 Å². The molecule has 0 radical (unpaired) electrons. The van der Waals surface area contributed by atoms with Crippen LogP contribution in [0.4, 0.5) is 8.78 Å². The highest BCUT2D eigenvalue weighted by atomic mass is 31.2. The van der Waals surface area contributed by atoms with Crippen LogP contribution in [0.1, 0.15) is 51.4 Å². The van der Waals surface area contributed by atoms with Crippen molar-refractivity contribution in [2.24, 2.45) is 0 Å². The molecule has 2 aliphatic carbocycles. The second-order valence-electron chi connectivity index (χ2n) is 6.72. The van der Waals surface area contributed by atoms with E-state index in [1.165, 1.54) is 0 Å². The average molecular weight is 358 g/mol. The average Bonchev–Trinajstić information content (AvgIpc) is 2.60. The molecule has 4 unspecified atom stereocenters. The first-order valence-corrected chi connectivity index (χ1v) is 10.4. The molecule has 0 spiro atoms. The van der Waals surface area contributed by atoms with Gasteiger partial charge < -0.3 is 0 Å². The Kier molecular flexibility index (Phi) is 6.07. The first-order valence-electron chi connectivity index (χ1n) is 8.89. The molecule has 2 saturated carbocycles. The van der Waals surface area contributed by atoms with Gasteiger partial charge in [0.1, 0.15) is 12.3 Å². The second kappa shape index (κ2) is 8.07. The van der Waals surface area contributed by atoms with Gasteiger partial charge in [0.2, 0.25) is 0 Å². The largest absolute Gasteiger partial charge is 0.362 e. The minimum atomic E-state index is -3.76. The van der Waals surface area contributed by atoms with Gasteiger partial charge in [-0.1, -0.05) is 43.9 Å². The normalized spacial score (nSPS) is 33.8. The summed E-state index contributed by atoms with van der Waals surface area (Å²) in [5.41, 5.74) is 0. The van der Waals surface area contributed by atoms with Crippen LogP contribution in [0.3, 0.4) is 0 Å². The maximum Gasteiger partial charge on any atom is 0.362 e. The van der Waals surface area contributed by atoms with E-state index >= 15 is 0 Å². The molecule has 134 valence electrons. The first kappa shape index (κ1) is 18.0. The van der Waals surface area contributed by atoms with Crippen LogP contribution < -0.4 is 5.30 Å². The van der Waals surface area contributed by atoms with Crippen LogP contribution in [0.15, 0.2) is 30.3 Å². The van der Waals surface area contributed by atoms with E-state index in [0.29, 0.717) is 31.0 Å². The van der Waals surface area contributed by atoms with Crippen LogP contribution in [0, 0.1) is 0 Å². The lowest BCUT2D eigenvalue weighted by Crippen LogP contribution is -2.33. The number of rotatable bonds is 5. The lowest BCUT2D eigenvalue weighted by atomic mass is 9.96. The summed E-state index contributed by atoms with van der Waals surface area (Å²) in [6.07, 6.45) is 1.39. The van der Waals surface area contributed by atoms with E-state index in [9.17, 15) is 13.3 Å². The number of hydrogen-bond donors (Lipinski definition) is 0. The van der Waals surface area contributed by atoms with E-state index < -0.39 is 32.1 Å². The zero-order valence-electron chi connectivity index (χ0n) is 13.8. The molecular formula is C18H25F2O3P. The van der Waals surface area contributed by atoms with Gasteiger partial charge in [-0.2, -0.15) is 0 Å². The monoisotopic (exact) mass is 358 g/mol. The van der Waals surface area contributed by atoms with Crippen LogP contribution in [-0.2, 0) is 13.6 Å². The summed E-state index contributed by atoms with van der Waals surface area (Å²) in [4.78, 5) is 0. The summed E-state index contributed by atoms with van der Waals surface area (Å²) in [6, 6.07) is 8.55. The van der Waals surface area contributed by atoms with Gasteiger partial charge in [0.25, 0.3) is 0 Å². The SMILES string of the molecule is O=P(OC1CCCCC1F)(OC1CCCCC1F)c1ccccc1. The van der Waals surface area contributed by atoms with Gasteiger partial charge >= 0.3 is 7.60 Å². The van der Waals surface area contributed by atoms with E-state index in [-0.39, 0.29) is 0 Å². The number of hydrogen-bond acceptors (Lipinski definition) is 3.